The summed E-state index contributed by atoms with van der Waals surface area (Å²) in [5.41, 5.74) is 1.00. The Hall–Kier alpha value is -1.59. The van der Waals surface area contributed by atoms with Crippen LogP contribution < -0.4 is 10.1 Å². The lowest BCUT2D eigenvalue weighted by molar-refractivity contribution is -0.116. The molecular formula is C15H14BrNO2S. The molecule has 0 unspecified atom stereocenters. The van der Waals surface area contributed by atoms with Crippen molar-refractivity contribution in [3.05, 3.63) is 56.7 Å². The summed E-state index contributed by atoms with van der Waals surface area (Å²) in [6.45, 7) is 0.481. The van der Waals surface area contributed by atoms with Crippen molar-refractivity contribution in [3.8, 4) is 5.75 Å². The molecule has 0 aliphatic heterocycles. The number of rotatable bonds is 5. The lowest BCUT2D eigenvalue weighted by Gasteiger charge is -2.04. The number of hydrogen-bond acceptors (Lipinski definition) is 3. The van der Waals surface area contributed by atoms with E-state index in [9.17, 15) is 4.79 Å². The van der Waals surface area contributed by atoms with Gasteiger partial charge in [-0.15, -0.1) is 11.3 Å². The third kappa shape index (κ3) is 4.51. The molecule has 5 heteroatoms. The third-order valence-electron chi connectivity index (χ3n) is 2.59. The SMILES string of the molecule is COc1cccc(CNC(=O)/C=C/c2ccc(Br)s2)c1. The van der Waals surface area contributed by atoms with E-state index < -0.39 is 0 Å². The molecule has 1 amide bonds. The summed E-state index contributed by atoms with van der Waals surface area (Å²) in [4.78, 5) is 12.8. The maximum atomic E-state index is 11.7. The highest BCUT2D eigenvalue weighted by molar-refractivity contribution is 9.11. The quantitative estimate of drug-likeness (QED) is 0.830. The molecule has 0 bridgehead atoms. The molecule has 1 aromatic carbocycles. The Balaban J connectivity index is 1.87. The van der Waals surface area contributed by atoms with Crippen LogP contribution in [0.2, 0.25) is 0 Å². The predicted octanol–water partition coefficient (Wildman–Crippen LogP) is 3.85. The Morgan fingerprint density at radius 3 is 2.95 bits per heavy atom. The number of methoxy groups -OCH3 is 1. The molecule has 0 fully saturated rings. The molecule has 2 rings (SSSR count). The highest BCUT2D eigenvalue weighted by atomic mass is 79.9. The fraction of sp³-hybridized carbons (Fsp3) is 0.133. The van der Waals surface area contributed by atoms with Gasteiger partial charge in [0.2, 0.25) is 5.91 Å². The zero-order valence-electron chi connectivity index (χ0n) is 10.9. The van der Waals surface area contributed by atoms with E-state index in [1.165, 1.54) is 0 Å². The summed E-state index contributed by atoms with van der Waals surface area (Å²) in [7, 11) is 1.62. The van der Waals surface area contributed by atoms with Gasteiger partial charge in [-0.25, -0.2) is 0 Å². The summed E-state index contributed by atoms with van der Waals surface area (Å²) in [5.74, 6) is 0.674. The number of amides is 1. The molecule has 0 aliphatic carbocycles. The van der Waals surface area contributed by atoms with Crippen LogP contribution in [0.3, 0.4) is 0 Å². The molecule has 1 N–H and O–H groups in total. The van der Waals surface area contributed by atoms with Gasteiger partial charge in [-0.1, -0.05) is 12.1 Å². The molecular weight excluding hydrogens is 338 g/mol. The van der Waals surface area contributed by atoms with Gasteiger partial charge >= 0.3 is 0 Å². The molecule has 0 spiro atoms. The monoisotopic (exact) mass is 351 g/mol. The van der Waals surface area contributed by atoms with E-state index in [1.54, 1.807) is 30.6 Å². The van der Waals surface area contributed by atoms with Gasteiger partial charge in [0.25, 0.3) is 0 Å². The third-order valence-corrected chi connectivity index (χ3v) is 4.18. The summed E-state index contributed by atoms with van der Waals surface area (Å²) in [6.07, 6.45) is 3.34. The zero-order chi connectivity index (χ0) is 14.4. The van der Waals surface area contributed by atoms with Crippen LogP contribution >= 0.6 is 27.3 Å². The minimum Gasteiger partial charge on any atom is -0.497 e. The number of halogens is 1. The molecule has 0 atom stereocenters. The molecule has 20 heavy (non-hydrogen) atoms. The van der Waals surface area contributed by atoms with Crippen molar-refractivity contribution in [2.24, 2.45) is 0 Å². The van der Waals surface area contributed by atoms with Crippen molar-refractivity contribution < 1.29 is 9.53 Å². The van der Waals surface area contributed by atoms with Gasteiger partial charge in [0.1, 0.15) is 5.75 Å². The minimum absolute atomic E-state index is 0.114. The van der Waals surface area contributed by atoms with Gasteiger partial charge in [-0.05, 0) is 51.8 Å². The Labute approximate surface area is 130 Å². The van der Waals surface area contributed by atoms with Crippen molar-refractivity contribution in [2.45, 2.75) is 6.54 Å². The molecule has 3 nitrogen and oxygen atoms in total. The second kappa shape index (κ2) is 7.26. The highest BCUT2D eigenvalue weighted by Gasteiger charge is 1.99. The van der Waals surface area contributed by atoms with E-state index in [2.05, 4.69) is 21.2 Å². The van der Waals surface area contributed by atoms with Gasteiger partial charge in [0.15, 0.2) is 0 Å². The maximum absolute atomic E-state index is 11.7. The molecule has 0 aliphatic rings. The Morgan fingerprint density at radius 2 is 2.25 bits per heavy atom. The molecule has 1 aromatic heterocycles. The Morgan fingerprint density at radius 1 is 1.40 bits per heavy atom. The number of ether oxygens (including phenoxy) is 1. The van der Waals surface area contributed by atoms with Crippen molar-refractivity contribution in [2.75, 3.05) is 7.11 Å². The minimum atomic E-state index is -0.114. The van der Waals surface area contributed by atoms with E-state index in [1.807, 2.05) is 36.4 Å². The number of nitrogens with one attached hydrogen (secondary N) is 1. The maximum Gasteiger partial charge on any atom is 0.244 e. The lowest BCUT2D eigenvalue weighted by atomic mass is 10.2. The van der Waals surface area contributed by atoms with Crippen molar-refractivity contribution in [1.82, 2.24) is 5.32 Å². The summed E-state index contributed by atoms with van der Waals surface area (Å²) in [5, 5.41) is 2.84. The number of thiophene rings is 1. The molecule has 0 saturated carbocycles. The normalized spacial score (nSPS) is 10.7. The van der Waals surface area contributed by atoms with Crippen LogP contribution in [0.1, 0.15) is 10.4 Å². The van der Waals surface area contributed by atoms with Crippen molar-refractivity contribution in [3.63, 3.8) is 0 Å². The first-order valence-corrected chi connectivity index (χ1v) is 7.62. The summed E-state index contributed by atoms with van der Waals surface area (Å²) in [6, 6.07) is 11.5. The van der Waals surface area contributed by atoms with Crippen molar-refractivity contribution >= 4 is 39.2 Å². The molecule has 0 saturated heterocycles. The second-order valence-electron chi connectivity index (χ2n) is 4.04. The topological polar surface area (TPSA) is 38.3 Å². The Bertz CT molecular complexity index is 622. The average Bonchev–Trinajstić information content (AvgIpc) is 2.89. The summed E-state index contributed by atoms with van der Waals surface area (Å²) >= 11 is 4.97. The van der Waals surface area contributed by atoms with Crippen LogP contribution in [0.4, 0.5) is 0 Å². The van der Waals surface area contributed by atoms with E-state index in [-0.39, 0.29) is 5.91 Å². The zero-order valence-corrected chi connectivity index (χ0v) is 13.3. The van der Waals surface area contributed by atoms with Gasteiger partial charge in [-0.2, -0.15) is 0 Å². The largest absolute Gasteiger partial charge is 0.497 e. The molecule has 2 aromatic rings. The van der Waals surface area contributed by atoms with Gasteiger partial charge in [-0.3, -0.25) is 4.79 Å². The molecule has 0 radical (unpaired) electrons. The van der Waals surface area contributed by atoms with E-state index in [0.717, 1.165) is 20.0 Å². The van der Waals surface area contributed by atoms with Crippen LogP contribution in [-0.4, -0.2) is 13.0 Å². The number of carbonyl (C=O) groups is 1. The van der Waals surface area contributed by atoms with Crippen LogP contribution in [0.15, 0.2) is 46.3 Å². The number of benzene rings is 1. The van der Waals surface area contributed by atoms with E-state index in [4.69, 9.17) is 4.74 Å². The van der Waals surface area contributed by atoms with E-state index >= 15 is 0 Å². The fourth-order valence-electron chi connectivity index (χ4n) is 1.61. The second-order valence-corrected chi connectivity index (χ2v) is 6.54. The van der Waals surface area contributed by atoms with Gasteiger partial charge in [0, 0.05) is 17.5 Å². The van der Waals surface area contributed by atoms with Gasteiger partial charge in [0.05, 0.1) is 10.9 Å². The summed E-state index contributed by atoms with van der Waals surface area (Å²) < 4.78 is 6.19. The molecule has 1 heterocycles. The average molecular weight is 352 g/mol. The number of carbonyl (C=O) groups excluding carboxylic acids is 1. The fourth-order valence-corrected chi connectivity index (χ4v) is 2.93. The first kappa shape index (κ1) is 14.8. The van der Waals surface area contributed by atoms with E-state index in [0.29, 0.717) is 6.54 Å². The Kier molecular flexibility index (Phi) is 5.38. The first-order chi connectivity index (χ1) is 9.67. The standard InChI is InChI=1S/C15H14BrNO2S/c1-19-12-4-2-3-11(9-12)10-17-15(18)8-6-13-5-7-14(16)20-13/h2-9H,10H2,1H3,(H,17,18)/b8-6+. The predicted molar refractivity (Wildman–Crippen MR) is 85.9 cm³/mol. The number of hydrogen-bond donors (Lipinski definition) is 1. The molecule has 104 valence electrons. The lowest BCUT2D eigenvalue weighted by Crippen LogP contribution is -2.20. The first-order valence-electron chi connectivity index (χ1n) is 6.01. The van der Waals surface area contributed by atoms with Crippen molar-refractivity contribution in [1.29, 1.82) is 0 Å². The highest BCUT2D eigenvalue weighted by Crippen LogP contribution is 2.22. The van der Waals surface area contributed by atoms with Crippen LogP contribution in [0, 0.1) is 0 Å². The van der Waals surface area contributed by atoms with Crippen LogP contribution in [0.25, 0.3) is 6.08 Å². The van der Waals surface area contributed by atoms with Crippen LogP contribution in [-0.2, 0) is 11.3 Å². The van der Waals surface area contributed by atoms with Gasteiger partial charge < -0.3 is 10.1 Å². The smallest absolute Gasteiger partial charge is 0.244 e. The van der Waals surface area contributed by atoms with Crippen LogP contribution in [0.5, 0.6) is 5.75 Å².